The first-order valence-electron chi connectivity index (χ1n) is 6.77. The molecule has 2 heterocycles. The summed E-state index contributed by atoms with van der Waals surface area (Å²) in [5.41, 5.74) is 10.3. The van der Waals surface area contributed by atoms with Crippen molar-refractivity contribution in [2.45, 2.75) is 12.8 Å². The van der Waals surface area contributed by atoms with Crippen LogP contribution < -0.4 is 10.6 Å². The fourth-order valence-corrected chi connectivity index (χ4v) is 3.32. The van der Waals surface area contributed by atoms with Gasteiger partial charge in [0, 0.05) is 20.1 Å². The lowest BCUT2D eigenvalue weighted by atomic mass is 10.2. The van der Waals surface area contributed by atoms with Crippen molar-refractivity contribution < 1.29 is 4.79 Å². The first kappa shape index (κ1) is 13.2. The van der Waals surface area contributed by atoms with Gasteiger partial charge in [0.05, 0.1) is 28.1 Å². The summed E-state index contributed by atoms with van der Waals surface area (Å²) in [5, 5.41) is 0. The summed E-state index contributed by atoms with van der Waals surface area (Å²) < 4.78 is 1.07. The normalized spacial score (nSPS) is 14.9. The fraction of sp³-hybridized carbons (Fsp3) is 0.429. The molecular formula is C14H18N4OS. The predicted octanol–water partition coefficient (Wildman–Crippen LogP) is 1.94. The van der Waals surface area contributed by atoms with Gasteiger partial charge in [-0.2, -0.15) is 0 Å². The molecule has 1 amide bonds. The number of carbonyl (C=O) groups is 1. The summed E-state index contributed by atoms with van der Waals surface area (Å²) in [7, 11) is 1.90. The van der Waals surface area contributed by atoms with Crippen LogP contribution in [0.3, 0.4) is 0 Å². The van der Waals surface area contributed by atoms with E-state index in [1.807, 2.05) is 29.0 Å². The zero-order chi connectivity index (χ0) is 14.1. The van der Waals surface area contributed by atoms with Crippen molar-refractivity contribution in [1.82, 2.24) is 9.88 Å². The largest absolute Gasteiger partial charge is 0.395 e. The maximum absolute atomic E-state index is 12.2. The van der Waals surface area contributed by atoms with Crippen molar-refractivity contribution in [2.24, 2.45) is 0 Å². The second-order valence-corrected chi connectivity index (χ2v) is 6.03. The summed E-state index contributed by atoms with van der Waals surface area (Å²) in [6, 6.07) is 3.97. The summed E-state index contributed by atoms with van der Waals surface area (Å²) in [5.74, 6) is 0.169. The molecule has 106 valence electrons. The topological polar surface area (TPSA) is 62.5 Å². The Morgan fingerprint density at radius 3 is 2.95 bits per heavy atom. The lowest BCUT2D eigenvalue weighted by molar-refractivity contribution is -0.128. The summed E-state index contributed by atoms with van der Waals surface area (Å²) >= 11 is 1.57. The van der Waals surface area contributed by atoms with Crippen LogP contribution in [0.25, 0.3) is 10.2 Å². The molecule has 1 aromatic heterocycles. The molecule has 0 unspecified atom stereocenters. The molecule has 2 N–H and O–H groups in total. The average molecular weight is 290 g/mol. The van der Waals surface area contributed by atoms with E-state index in [1.165, 1.54) is 0 Å². The molecule has 1 saturated heterocycles. The summed E-state index contributed by atoms with van der Waals surface area (Å²) in [4.78, 5) is 20.3. The highest BCUT2D eigenvalue weighted by molar-refractivity contribution is 7.16. The van der Waals surface area contributed by atoms with Gasteiger partial charge in [0.1, 0.15) is 5.52 Å². The number of hydrogen-bond donors (Lipinski definition) is 1. The number of fused-ring (bicyclic) bond motifs is 1. The smallest absolute Gasteiger partial charge is 0.242 e. The minimum absolute atomic E-state index is 0.169. The lowest BCUT2D eigenvalue weighted by Crippen LogP contribution is -2.37. The number of nitrogen functional groups attached to an aromatic ring is 1. The number of thiazole rings is 1. The SMILES string of the molecule is CN(CC(=O)N1CCCC1)c1ccc2scnc2c1N. The Labute approximate surface area is 122 Å². The Morgan fingerprint density at radius 2 is 2.20 bits per heavy atom. The fourth-order valence-electron chi connectivity index (χ4n) is 2.63. The molecule has 6 heteroatoms. The maximum atomic E-state index is 12.2. The number of carbonyl (C=O) groups excluding carboxylic acids is 1. The molecule has 0 atom stereocenters. The number of rotatable bonds is 3. The molecule has 0 radical (unpaired) electrons. The highest BCUT2D eigenvalue weighted by Crippen LogP contribution is 2.31. The first-order valence-corrected chi connectivity index (χ1v) is 7.65. The van der Waals surface area contributed by atoms with E-state index in [0.717, 1.165) is 41.8 Å². The van der Waals surface area contributed by atoms with Crippen LogP contribution in [0, 0.1) is 0 Å². The van der Waals surface area contributed by atoms with Crippen LogP contribution in [0.5, 0.6) is 0 Å². The van der Waals surface area contributed by atoms with E-state index in [9.17, 15) is 4.79 Å². The number of aromatic nitrogens is 1. The molecule has 0 saturated carbocycles. The molecule has 1 aliphatic rings. The lowest BCUT2D eigenvalue weighted by Gasteiger charge is -2.24. The van der Waals surface area contributed by atoms with Crippen molar-refractivity contribution in [1.29, 1.82) is 0 Å². The van der Waals surface area contributed by atoms with Crippen LogP contribution in [0.15, 0.2) is 17.6 Å². The van der Waals surface area contributed by atoms with E-state index < -0.39 is 0 Å². The van der Waals surface area contributed by atoms with Crippen molar-refractivity contribution in [3.8, 4) is 0 Å². The number of benzene rings is 1. The summed E-state index contributed by atoms with van der Waals surface area (Å²) in [6.07, 6.45) is 2.23. The minimum Gasteiger partial charge on any atom is -0.395 e. The Hall–Kier alpha value is -1.82. The van der Waals surface area contributed by atoms with Crippen molar-refractivity contribution >= 4 is 38.8 Å². The van der Waals surface area contributed by atoms with Gasteiger partial charge in [-0.15, -0.1) is 11.3 Å². The van der Waals surface area contributed by atoms with Gasteiger partial charge in [-0.25, -0.2) is 4.98 Å². The zero-order valence-electron chi connectivity index (χ0n) is 11.5. The van der Waals surface area contributed by atoms with Gasteiger partial charge in [-0.05, 0) is 25.0 Å². The molecule has 5 nitrogen and oxygen atoms in total. The molecule has 20 heavy (non-hydrogen) atoms. The average Bonchev–Trinajstić information content (AvgIpc) is 3.10. The van der Waals surface area contributed by atoms with Crippen LogP contribution in [0.4, 0.5) is 11.4 Å². The first-order chi connectivity index (χ1) is 9.66. The number of amides is 1. The second kappa shape index (κ2) is 5.28. The third kappa shape index (κ3) is 2.31. The molecular weight excluding hydrogens is 272 g/mol. The van der Waals surface area contributed by atoms with Gasteiger partial charge in [0.2, 0.25) is 5.91 Å². The highest BCUT2D eigenvalue weighted by Gasteiger charge is 2.20. The minimum atomic E-state index is 0.169. The number of likely N-dealkylation sites (N-methyl/N-ethyl adjacent to an activating group) is 1. The van der Waals surface area contributed by atoms with Gasteiger partial charge in [0.25, 0.3) is 0 Å². The predicted molar refractivity (Wildman–Crippen MR) is 83.1 cm³/mol. The van der Waals surface area contributed by atoms with Gasteiger partial charge >= 0.3 is 0 Å². The standard InChI is InChI=1S/C14H18N4OS/c1-17(8-12(19)18-6-2-3-7-18)10-4-5-11-14(13(10)15)16-9-20-11/h4-5,9H,2-3,6-8,15H2,1H3. The molecule has 2 aromatic rings. The number of hydrogen-bond acceptors (Lipinski definition) is 5. The Morgan fingerprint density at radius 1 is 1.45 bits per heavy atom. The summed E-state index contributed by atoms with van der Waals surface area (Å²) in [6.45, 7) is 2.13. The molecule has 3 rings (SSSR count). The quantitative estimate of drug-likeness (QED) is 0.878. The van der Waals surface area contributed by atoms with Crippen molar-refractivity contribution in [2.75, 3.05) is 37.3 Å². The van der Waals surface area contributed by atoms with Crippen molar-refractivity contribution in [3.05, 3.63) is 17.6 Å². The number of nitrogens with two attached hydrogens (primary N) is 1. The van der Waals surface area contributed by atoms with E-state index >= 15 is 0 Å². The van der Waals surface area contributed by atoms with Crippen LogP contribution in [0.2, 0.25) is 0 Å². The zero-order valence-corrected chi connectivity index (χ0v) is 12.3. The molecule has 0 bridgehead atoms. The third-order valence-electron chi connectivity index (χ3n) is 3.76. The number of likely N-dealkylation sites (tertiary alicyclic amines) is 1. The van der Waals surface area contributed by atoms with Crippen LogP contribution in [-0.2, 0) is 4.79 Å². The van der Waals surface area contributed by atoms with Gasteiger partial charge in [-0.1, -0.05) is 0 Å². The molecule has 0 spiro atoms. The Balaban J connectivity index is 1.79. The van der Waals surface area contributed by atoms with E-state index in [4.69, 9.17) is 5.73 Å². The Bertz CT molecular complexity index is 633. The third-order valence-corrected chi connectivity index (χ3v) is 4.56. The van der Waals surface area contributed by atoms with Crippen LogP contribution >= 0.6 is 11.3 Å². The van der Waals surface area contributed by atoms with E-state index in [-0.39, 0.29) is 5.91 Å². The molecule has 1 aromatic carbocycles. The maximum Gasteiger partial charge on any atom is 0.242 e. The molecule has 0 aliphatic carbocycles. The highest BCUT2D eigenvalue weighted by atomic mass is 32.1. The van der Waals surface area contributed by atoms with E-state index in [0.29, 0.717) is 12.2 Å². The van der Waals surface area contributed by atoms with E-state index in [1.54, 1.807) is 16.8 Å². The second-order valence-electron chi connectivity index (χ2n) is 5.14. The molecule has 1 aliphatic heterocycles. The van der Waals surface area contributed by atoms with Crippen molar-refractivity contribution in [3.63, 3.8) is 0 Å². The monoisotopic (exact) mass is 290 g/mol. The van der Waals surface area contributed by atoms with Crippen LogP contribution in [-0.4, -0.2) is 42.5 Å². The van der Waals surface area contributed by atoms with Gasteiger partial charge in [0.15, 0.2) is 0 Å². The van der Waals surface area contributed by atoms with E-state index in [2.05, 4.69) is 4.98 Å². The Kier molecular flexibility index (Phi) is 3.48. The molecule has 1 fully saturated rings. The van der Waals surface area contributed by atoms with Gasteiger partial charge in [-0.3, -0.25) is 4.79 Å². The van der Waals surface area contributed by atoms with Gasteiger partial charge < -0.3 is 15.5 Å². The number of anilines is 2. The number of nitrogens with zero attached hydrogens (tertiary/aromatic N) is 3. The van der Waals surface area contributed by atoms with Crippen LogP contribution in [0.1, 0.15) is 12.8 Å².